The summed E-state index contributed by atoms with van der Waals surface area (Å²) in [6, 6.07) is 16.0. The molecule has 0 aliphatic carbocycles. The molecule has 0 amide bonds. The fourth-order valence-corrected chi connectivity index (χ4v) is 2.68. The molecule has 0 saturated heterocycles. The molecule has 0 spiro atoms. The molecule has 26 heavy (non-hydrogen) atoms. The number of nitrogens with zero attached hydrogens (tertiary/aromatic N) is 1. The average molecular weight is 352 g/mol. The first-order valence-corrected chi connectivity index (χ1v) is 8.65. The summed E-state index contributed by atoms with van der Waals surface area (Å²) in [4.78, 5) is 4.57. The molecule has 0 aliphatic rings. The predicted molar refractivity (Wildman–Crippen MR) is 102 cm³/mol. The third-order valence-corrected chi connectivity index (χ3v) is 4.59. The van der Waals surface area contributed by atoms with E-state index >= 15 is 0 Å². The summed E-state index contributed by atoms with van der Waals surface area (Å²) in [6.45, 7) is 1.58. The maximum absolute atomic E-state index is 9.26. The van der Waals surface area contributed by atoms with Crippen molar-refractivity contribution in [3.05, 3.63) is 65.9 Å². The molecule has 5 heteroatoms. The van der Waals surface area contributed by atoms with Gasteiger partial charge in [-0.1, -0.05) is 42.0 Å². The van der Waals surface area contributed by atoms with Gasteiger partial charge in [-0.3, -0.25) is 0 Å². The highest BCUT2D eigenvalue weighted by Gasteiger charge is 2.22. The lowest BCUT2D eigenvalue weighted by atomic mass is 9.93. The molecule has 3 aromatic rings. The molecule has 0 atom stereocenters. The molecule has 0 aliphatic heterocycles. The molecule has 0 fully saturated rings. The molecule has 4 N–H and O–H groups in total. The summed E-state index contributed by atoms with van der Waals surface area (Å²) < 4.78 is 5.61. The van der Waals surface area contributed by atoms with Gasteiger partial charge in [0.05, 0.1) is 18.8 Å². The van der Waals surface area contributed by atoms with Gasteiger partial charge in [0.25, 0.3) is 0 Å². The molecule has 2 aromatic carbocycles. The monoisotopic (exact) mass is 352 g/mol. The first-order chi connectivity index (χ1) is 12.5. The molecule has 5 nitrogen and oxygen atoms in total. The number of nitrogens with two attached hydrogens (primary N) is 1. The number of aromatic nitrogens is 1. The molecule has 1 aromatic heterocycles. The molecule has 0 bridgehead atoms. The maximum Gasteiger partial charge on any atom is 0.226 e. The van der Waals surface area contributed by atoms with Crippen molar-refractivity contribution in [2.24, 2.45) is 5.73 Å². The van der Waals surface area contributed by atoms with Crippen LogP contribution in [0.2, 0.25) is 0 Å². The normalized spacial score (nSPS) is 11.7. The topological polar surface area (TPSA) is 92.5 Å². The van der Waals surface area contributed by atoms with Crippen LogP contribution in [0.1, 0.15) is 17.5 Å². The van der Waals surface area contributed by atoms with Gasteiger partial charge in [0, 0.05) is 11.1 Å². The molecule has 0 unspecified atom stereocenters. The molecule has 1 heterocycles. The Labute approximate surface area is 153 Å². The molecular weight excluding hydrogens is 328 g/mol. The summed E-state index contributed by atoms with van der Waals surface area (Å²) in [5.74, 6) is 0.600. The van der Waals surface area contributed by atoms with Gasteiger partial charge in [0.15, 0.2) is 0 Å². The lowest BCUT2D eigenvalue weighted by molar-refractivity contribution is 0.115. The minimum Gasteiger partial charge on any atom is -0.444 e. The fraction of sp³-hybridized carbons (Fsp3) is 0.286. The van der Waals surface area contributed by atoms with Gasteiger partial charge in [-0.15, -0.1) is 0 Å². The molecule has 0 radical (unpaired) electrons. The third-order valence-electron chi connectivity index (χ3n) is 4.59. The van der Waals surface area contributed by atoms with Crippen molar-refractivity contribution in [3.63, 3.8) is 0 Å². The van der Waals surface area contributed by atoms with Crippen LogP contribution >= 0.6 is 0 Å². The zero-order valence-corrected chi connectivity index (χ0v) is 14.9. The fourth-order valence-electron chi connectivity index (χ4n) is 2.68. The second-order valence-corrected chi connectivity index (χ2v) is 6.78. The first-order valence-electron chi connectivity index (χ1n) is 8.65. The number of aliphatic hydroxyl groups is 2. The number of hydrogen-bond donors (Lipinski definition) is 3. The number of oxazole rings is 1. The van der Waals surface area contributed by atoms with E-state index in [1.54, 1.807) is 6.26 Å². The van der Waals surface area contributed by atoms with Crippen LogP contribution in [0.5, 0.6) is 0 Å². The summed E-state index contributed by atoms with van der Waals surface area (Å²) >= 11 is 0. The summed E-state index contributed by atoms with van der Waals surface area (Å²) in [6.07, 6.45) is 2.86. The zero-order chi connectivity index (χ0) is 18.6. The van der Waals surface area contributed by atoms with Crippen LogP contribution in [0.3, 0.4) is 0 Å². The van der Waals surface area contributed by atoms with Gasteiger partial charge in [-0.2, -0.15) is 0 Å². The van der Waals surface area contributed by atoms with Gasteiger partial charge in [-0.25, -0.2) is 4.98 Å². The number of aliphatic hydroxyl groups excluding tert-OH is 2. The van der Waals surface area contributed by atoms with Gasteiger partial charge in [0.1, 0.15) is 12.0 Å². The number of rotatable bonds is 7. The van der Waals surface area contributed by atoms with E-state index in [0.29, 0.717) is 18.7 Å². The Kier molecular flexibility index (Phi) is 5.52. The minimum absolute atomic E-state index is 0.234. The Hall–Kier alpha value is -2.47. The van der Waals surface area contributed by atoms with E-state index < -0.39 is 5.54 Å². The van der Waals surface area contributed by atoms with E-state index in [0.717, 1.165) is 22.4 Å². The van der Waals surface area contributed by atoms with E-state index in [2.05, 4.69) is 4.98 Å². The van der Waals surface area contributed by atoms with Crippen molar-refractivity contribution < 1.29 is 14.6 Å². The molecule has 0 saturated carbocycles. The van der Waals surface area contributed by atoms with Crippen LogP contribution in [-0.2, 0) is 6.42 Å². The minimum atomic E-state index is -0.937. The third kappa shape index (κ3) is 4.19. The zero-order valence-electron chi connectivity index (χ0n) is 14.9. The van der Waals surface area contributed by atoms with E-state index in [9.17, 15) is 10.2 Å². The van der Waals surface area contributed by atoms with Crippen LogP contribution in [0.4, 0.5) is 0 Å². The van der Waals surface area contributed by atoms with E-state index in [1.165, 1.54) is 5.56 Å². The number of benzene rings is 2. The van der Waals surface area contributed by atoms with Crippen molar-refractivity contribution in [1.29, 1.82) is 0 Å². The van der Waals surface area contributed by atoms with Gasteiger partial charge < -0.3 is 20.4 Å². The number of hydrogen-bond acceptors (Lipinski definition) is 5. The number of aryl methyl sites for hydroxylation is 2. The van der Waals surface area contributed by atoms with Gasteiger partial charge in [-0.05, 0) is 37.5 Å². The van der Waals surface area contributed by atoms with Crippen molar-refractivity contribution in [1.82, 2.24) is 4.98 Å². The Bertz CT molecular complexity index is 834. The average Bonchev–Trinajstić information content (AvgIpc) is 3.17. The lowest BCUT2D eigenvalue weighted by Gasteiger charge is -2.24. The smallest absolute Gasteiger partial charge is 0.226 e. The predicted octanol–water partition coefficient (Wildman–Crippen LogP) is 2.93. The molecule has 136 valence electrons. The Morgan fingerprint density at radius 2 is 1.58 bits per heavy atom. The Balaban J connectivity index is 1.70. The highest BCUT2D eigenvalue weighted by atomic mass is 16.3. The lowest BCUT2D eigenvalue weighted by Crippen LogP contribution is -2.47. The maximum atomic E-state index is 9.26. The van der Waals surface area contributed by atoms with Crippen molar-refractivity contribution in [3.8, 4) is 22.7 Å². The van der Waals surface area contributed by atoms with Crippen LogP contribution in [-0.4, -0.2) is 33.9 Å². The van der Waals surface area contributed by atoms with Crippen LogP contribution < -0.4 is 5.73 Å². The van der Waals surface area contributed by atoms with Crippen molar-refractivity contribution in [2.45, 2.75) is 25.3 Å². The first kappa shape index (κ1) is 18.3. The summed E-state index contributed by atoms with van der Waals surface area (Å²) in [7, 11) is 0. The standard InChI is InChI=1S/C21H24N2O3/c1-15-2-6-18(7-3-15)20-23-19(12-26-20)17-8-4-16(5-9-17)10-11-21(22,13-24)14-25/h2-9,12,24-25H,10-11,13-14,22H2,1H3. The van der Waals surface area contributed by atoms with Gasteiger partial charge >= 0.3 is 0 Å². The summed E-state index contributed by atoms with van der Waals surface area (Å²) in [5, 5.41) is 18.5. The molecular formula is C21H24N2O3. The van der Waals surface area contributed by atoms with Crippen LogP contribution in [0.25, 0.3) is 22.7 Å². The second-order valence-electron chi connectivity index (χ2n) is 6.78. The van der Waals surface area contributed by atoms with Crippen LogP contribution in [0.15, 0.2) is 59.2 Å². The molecule has 3 rings (SSSR count). The second kappa shape index (κ2) is 7.83. The van der Waals surface area contributed by atoms with Gasteiger partial charge in [0.2, 0.25) is 5.89 Å². The quantitative estimate of drug-likeness (QED) is 0.608. The van der Waals surface area contributed by atoms with E-state index in [4.69, 9.17) is 10.2 Å². The van der Waals surface area contributed by atoms with Crippen molar-refractivity contribution in [2.75, 3.05) is 13.2 Å². The summed E-state index contributed by atoms with van der Waals surface area (Å²) in [5.41, 5.74) is 9.96. The SMILES string of the molecule is Cc1ccc(-c2nc(-c3ccc(CCC(N)(CO)CO)cc3)co2)cc1. The van der Waals surface area contributed by atoms with Crippen molar-refractivity contribution >= 4 is 0 Å². The Morgan fingerprint density at radius 3 is 2.19 bits per heavy atom. The highest BCUT2D eigenvalue weighted by Crippen LogP contribution is 2.25. The van der Waals surface area contributed by atoms with E-state index in [1.807, 2.05) is 55.5 Å². The van der Waals surface area contributed by atoms with Crippen LogP contribution in [0, 0.1) is 6.92 Å². The van der Waals surface area contributed by atoms with E-state index in [-0.39, 0.29) is 13.2 Å². The Morgan fingerprint density at radius 1 is 0.962 bits per heavy atom. The largest absolute Gasteiger partial charge is 0.444 e. The highest BCUT2D eigenvalue weighted by molar-refractivity contribution is 5.63.